The van der Waals surface area contributed by atoms with Crippen LogP contribution in [-0.2, 0) is 9.59 Å². The molecular weight excluding hydrogens is 230 g/mol. The zero-order chi connectivity index (χ0) is 13.6. The Morgan fingerprint density at radius 1 is 0.833 bits per heavy atom. The second-order valence-electron chi connectivity index (χ2n) is 4.71. The van der Waals surface area contributed by atoms with Gasteiger partial charge in [0.05, 0.1) is 0 Å². The van der Waals surface area contributed by atoms with Crippen LogP contribution in [0.1, 0.15) is 71.1 Å². The van der Waals surface area contributed by atoms with Gasteiger partial charge in [0.15, 0.2) is 0 Å². The summed E-state index contributed by atoms with van der Waals surface area (Å²) in [6.07, 6.45) is 11.2. The van der Waals surface area contributed by atoms with Crippen molar-refractivity contribution in [1.82, 2.24) is 5.32 Å². The zero-order valence-corrected chi connectivity index (χ0v) is 11.5. The van der Waals surface area contributed by atoms with Crippen molar-refractivity contribution in [2.24, 2.45) is 0 Å². The van der Waals surface area contributed by atoms with Crippen LogP contribution in [0.4, 0.5) is 0 Å². The predicted octanol–water partition coefficient (Wildman–Crippen LogP) is 2.54. The Hall–Kier alpha value is -0.900. The third-order valence-corrected chi connectivity index (χ3v) is 2.93. The van der Waals surface area contributed by atoms with Gasteiger partial charge in [0.1, 0.15) is 6.61 Å². The van der Waals surface area contributed by atoms with Gasteiger partial charge in [-0.2, -0.15) is 0 Å². The first-order valence-electron chi connectivity index (χ1n) is 7.14. The maximum atomic E-state index is 11.2. The highest BCUT2D eigenvalue weighted by molar-refractivity contribution is 5.95. The molecule has 0 radical (unpaired) electrons. The summed E-state index contributed by atoms with van der Waals surface area (Å²) >= 11 is 0. The SMILES string of the molecule is CCCCCCCCCCCC(=O)NC(=O)CO. The van der Waals surface area contributed by atoms with Gasteiger partial charge in [-0.3, -0.25) is 14.9 Å². The van der Waals surface area contributed by atoms with E-state index in [2.05, 4.69) is 12.2 Å². The summed E-state index contributed by atoms with van der Waals surface area (Å²) in [5.41, 5.74) is 0. The molecule has 0 rings (SSSR count). The number of amides is 2. The average molecular weight is 257 g/mol. The lowest BCUT2D eigenvalue weighted by molar-refractivity contribution is -0.132. The second-order valence-corrected chi connectivity index (χ2v) is 4.71. The summed E-state index contributed by atoms with van der Waals surface area (Å²) < 4.78 is 0. The molecule has 0 aromatic heterocycles. The summed E-state index contributed by atoms with van der Waals surface area (Å²) in [7, 11) is 0. The Bertz CT molecular complexity index is 229. The van der Waals surface area contributed by atoms with Crippen molar-refractivity contribution in [1.29, 1.82) is 0 Å². The number of nitrogens with one attached hydrogen (secondary N) is 1. The van der Waals surface area contributed by atoms with E-state index in [4.69, 9.17) is 5.11 Å². The van der Waals surface area contributed by atoms with Crippen LogP contribution in [0, 0.1) is 0 Å². The molecule has 106 valence electrons. The molecule has 0 atom stereocenters. The van der Waals surface area contributed by atoms with Crippen LogP contribution in [0.3, 0.4) is 0 Å². The molecule has 0 heterocycles. The lowest BCUT2D eigenvalue weighted by Gasteiger charge is -2.03. The van der Waals surface area contributed by atoms with E-state index in [-0.39, 0.29) is 5.91 Å². The molecular formula is C14H27NO3. The summed E-state index contributed by atoms with van der Waals surface area (Å²) in [5, 5.41) is 10.6. The molecule has 0 spiro atoms. The van der Waals surface area contributed by atoms with Crippen LogP contribution >= 0.6 is 0 Å². The van der Waals surface area contributed by atoms with Crippen molar-refractivity contribution in [2.75, 3.05) is 6.61 Å². The second kappa shape index (κ2) is 12.6. The van der Waals surface area contributed by atoms with Gasteiger partial charge < -0.3 is 5.11 Å². The van der Waals surface area contributed by atoms with Crippen molar-refractivity contribution >= 4 is 11.8 Å². The highest BCUT2D eigenvalue weighted by Gasteiger charge is 2.05. The van der Waals surface area contributed by atoms with Gasteiger partial charge in [0.25, 0.3) is 5.91 Å². The molecule has 0 fully saturated rings. The van der Waals surface area contributed by atoms with Crippen LogP contribution in [-0.4, -0.2) is 23.5 Å². The molecule has 0 aromatic rings. The Labute approximate surface area is 110 Å². The lowest BCUT2D eigenvalue weighted by atomic mass is 10.1. The van der Waals surface area contributed by atoms with Crippen molar-refractivity contribution in [3.63, 3.8) is 0 Å². The summed E-state index contributed by atoms with van der Waals surface area (Å²) in [5.74, 6) is -0.895. The highest BCUT2D eigenvalue weighted by atomic mass is 16.3. The Balaban J connectivity index is 3.20. The van der Waals surface area contributed by atoms with Crippen molar-refractivity contribution in [3.05, 3.63) is 0 Å². The van der Waals surface area contributed by atoms with Gasteiger partial charge in [0.2, 0.25) is 5.91 Å². The Morgan fingerprint density at radius 3 is 1.83 bits per heavy atom. The van der Waals surface area contributed by atoms with E-state index in [0.717, 1.165) is 19.3 Å². The molecule has 0 aliphatic heterocycles. The largest absolute Gasteiger partial charge is 0.387 e. The maximum Gasteiger partial charge on any atom is 0.252 e. The molecule has 0 aromatic carbocycles. The van der Waals surface area contributed by atoms with Gasteiger partial charge in [0, 0.05) is 6.42 Å². The topological polar surface area (TPSA) is 66.4 Å². The number of unbranched alkanes of at least 4 members (excludes halogenated alkanes) is 8. The number of hydrogen-bond acceptors (Lipinski definition) is 3. The van der Waals surface area contributed by atoms with Crippen molar-refractivity contribution < 1.29 is 14.7 Å². The minimum absolute atomic E-state index is 0.281. The van der Waals surface area contributed by atoms with Gasteiger partial charge in [-0.15, -0.1) is 0 Å². The highest BCUT2D eigenvalue weighted by Crippen LogP contribution is 2.10. The van der Waals surface area contributed by atoms with Gasteiger partial charge in [-0.05, 0) is 6.42 Å². The maximum absolute atomic E-state index is 11.2. The normalized spacial score (nSPS) is 10.3. The molecule has 2 N–H and O–H groups in total. The summed E-state index contributed by atoms with van der Waals surface area (Å²) in [6.45, 7) is 1.59. The fourth-order valence-electron chi connectivity index (χ4n) is 1.85. The molecule has 0 saturated heterocycles. The fourth-order valence-corrected chi connectivity index (χ4v) is 1.85. The number of imide groups is 1. The Morgan fingerprint density at radius 2 is 1.33 bits per heavy atom. The summed E-state index contributed by atoms with van der Waals surface area (Å²) in [6, 6.07) is 0. The minimum Gasteiger partial charge on any atom is -0.387 e. The quantitative estimate of drug-likeness (QED) is 0.559. The van der Waals surface area contributed by atoms with Crippen LogP contribution in [0.15, 0.2) is 0 Å². The van der Waals surface area contributed by atoms with Crippen LogP contribution in [0.25, 0.3) is 0 Å². The van der Waals surface area contributed by atoms with E-state index in [1.54, 1.807) is 0 Å². The van der Waals surface area contributed by atoms with Crippen LogP contribution in [0.5, 0.6) is 0 Å². The molecule has 0 unspecified atom stereocenters. The number of aliphatic hydroxyl groups is 1. The van der Waals surface area contributed by atoms with Crippen molar-refractivity contribution in [3.8, 4) is 0 Å². The molecule has 18 heavy (non-hydrogen) atoms. The van der Waals surface area contributed by atoms with E-state index < -0.39 is 12.5 Å². The van der Waals surface area contributed by atoms with Crippen LogP contribution < -0.4 is 5.32 Å². The van der Waals surface area contributed by atoms with E-state index in [1.165, 1.54) is 38.5 Å². The summed E-state index contributed by atoms with van der Waals surface area (Å²) in [4.78, 5) is 21.9. The zero-order valence-electron chi connectivity index (χ0n) is 11.5. The first-order chi connectivity index (χ1) is 8.70. The third kappa shape index (κ3) is 11.6. The minimum atomic E-state index is -0.622. The first kappa shape index (κ1) is 17.1. The Kier molecular flexibility index (Phi) is 11.9. The molecule has 4 nitrogen and oxygen atoms in total. The number of rotatable bonds is 11. The van der Waals surface area contributed by atoms with E-state index in [1.807, 2.05) is 0 Å². The van der Waals surface area contributed by atoms with Crippen LogP contribution in [0.2, 0.25) is 0 Å². The fraction of sp³-hybridized carbons (Fsp3) is 0.857. The molecule has 0 aliphatic carbocycles. The number of carbonyl (C=O) groups is 2. The van der Waals surface area contributed by atoms with E-state index >= 15 is 0 Å². The number of carbonyl (C=O) groups excluding carboxylic acids is 2. The number of aliphatic hydroxyl groups excluding tert-OH is 1. The molecule has 0 bridgehead atoms. The smallest absolute Gasteiger partial charge is 0.252 e. The first-order valence-corrected chi connectivity index (χ1v) is 7.14. The molecule has 4 heteroatoms. The standard InChI is InChI=1S/C14H27NO3/c1-2-3-4-5-6-7-8-9-10-11-13(17)15-14(18)12-16/h16H,2-12H2,1H3,(H,15,17,18). The van der Waals surface area contributed by atoms with Gasteiger partial charge in [-0.25, -0.2) is 0 Å². The van der Waals surface area contributed by atoms with Gasteiger partial charge in [-0.1, -0.05) is 58.3 Å². The van der Waals surface area contributed by atoms with E-state index in [9.17, 15) is 9.59 Å². The monoisotopic (exact) mass is 257 g/mol. The lowest BCUT2D eigenvalue weighted by Crippen LogP contribution is -2.32. The molecule has 0 aliphatic rings. The predicted molar refractivity (Wildman–Crippen MR) is 72.1 cm³/mol. The van der Waals surface area contributed by atoms with Crippen molar-refractivity contribution in [2.45, 2.75) is 71.1 Å². The molecule has 2 amide bonds. The van der Waals surface area contributed by atoms with E-state index in [0.29, 0.717) is 6.42 Å². The van der Waals surface area contributed by atoms with Gasteiger partial charge >= 0.3 is 0 Å². The average Bonchev–Trinajstić information content (AvgIpc) is 2.36. The third-order valence-electron chi connectivity index (χ3n) is 2.93. The number of hydrogen-bond donors (Lipinski definition) is 2. The molecule has 0 saturated carbocycles.